The van der Waals surface area contributed by atoms with E-state index < -0.39 is 0 Å². The lowest BCUT2D eigenvalue weighted by molar-refractivity contribution is 0.226. The monoisotopic (exact) mass is 236 g/mol. The molecule has 1 saturated heterocycles. The summed E-state index contributed by atoms with van der Waals surface area (Å²) in [5, 5.41) is 2.91. The molecule has 0 radical (unpaired) electrons. The Morgan fingerprint density at radius 2 is 1.65 bits per heavy atom. The molecule has 1 aliphatic heterocycles. The molecule has 2 amide bonds. The quantitative estimate of drug-likeness (QED) is 0.796. The Kier molecular flexibility index (Phi) is 7.85. The maximum absolute atomic E-state index is 11.2. The average molecular weight is 236 g/mol. The normalized spacial score (nSPS) is 17.4. The first-order valence-corrected chi connectivity index (χ1v) is 6.34. The minimum Gasteiger partial charge on any atom is -0.329 e. The number of carbonyl (C=O) groups excluding carboxylic acids is 1. The van der Waals surface area contributed by atoms with Gasteiger partial charge < -0.3 is 10.2 Å². The second kappa shape index (κ2) is 8.62. The summed E-state index contributed by atoms with van der Waals surface area (Å²) in [6.07, 6.45) is 0. The predicted molar refractivity (Wildman–Crippen MR) is 73.0 cm³/mol. The highest BCUT2D eigenvalue weighted by Crippen LogP contribution is 2.18. The van der Waals surface area contributed by atoms with Crippen LogP contribution in [0.5, 0.6) is 0 Å². The molecule has 3 heteroatoms. The molecule has 0 saturated carbocycles. The number of carbonyl (C=O) groups is 1. The molecule has 0 aromatic heterocycles. The maximum Gasteiger partial charge on any atom is 0.317 e. The molecule has 1 aromatic carbocycles. The van der Waals surface area contributed by atoms with Gasteiger partial charge in [0, 0.05) is 13.6 Å². The second-order valence-corrected chi connectivity index (χ2v) is 3.29. The van der Waals surface area contributed by atoms with E-state index in [2.05, 4.69) is 5.32 Å². The zero-order valence-electron chi connectivity index (χ0n) is 11.5. The number of likely N-dealkylation sites (N-methyl/N-ethyl adjacent to an activating group) is 1. The third-order valence-electron chi connectivity index (χ3n) is 2.30. The van der Waals surface area contributed by atoms with Crippen molar-refractivity contribution in [2.45, 2.75) is 33.7 Å². The van der Waals surface area contributed by atoms with Gasteiger partial charge in [-0.05, 0) is 5.56 Å². The number of urea groups is 1. The van der Waals surface area contributed by atoms with Crippen molar-refractivity contribution in [2.24, 2.45) is 0 Å². The van der Waals surface area contributed by atoms with Gasteiger partial charge in [0.1, 0.15) is 0 Å². The topological polar surface area (TPSA) is 32.3 Å². The van der Waals surface area contributed by atoms with Crippen LogP contribution < -0.4 is 5.32 Å². The Balaban J connectivity index is 0.000000581. The third kappa shape index (κ3) is 4.47. The summed E-state index contributed by atoms with van der Waals surface area (Å²) in [4.78, 5) is 12.9. The molecule has 96 valence electrons. The lowest BCUT2D eigenvalue weighted by Gasteiger charge is -2.08. The number of hydrogen-bond acceptors (Lipinski definition) is 1. The largest absolute Gasteiger partial charge is 0.329 e. The minimum atomic E-state index is 0.00820. The molecular formula is C14H24N2O. The van der Waals surface area contributed by atoms with Crippen molar-refractivity contribution >= 4 is 6.03 Å². The summed E-state index contributed by atoms with van der Waals surface area (Å²) < 4.78 is 0. The molecule has 1 atom stereocenters. The van der Waals surface area contributed by atoms with Crippen LogP contribution in [0.1, 0.15) is 39.3 Å². The Morgan fingerprint density at radius 3 is 2.06 bits per heavy atom. The van der Waals surface area contributed by atoms with E-state index in [0.29, 0.717) is 0 Å². The summed E-state index contributed by atoms with van der Waals surface area (Å²) in [5.74, 6) is 0. The molecular weight excluding hydrogens is 212 g/mol. The lowest BCUT2D eigenvalue weighted by Crippen LogP contribution is -2.23. The Labute approximate surface area is 105 Å². The fourth-order valence-corrected chi connectivity index (χ4v) is 1.54. The Morgan fingerprint density at radius 1 is 1.12 bits per heavy atom. The van der Waals surface area contributed by atoms with Crippen LogP contribution >= 0.6 is 0 Å². The number of benzene rings is 1. The van der Waals surface area contributed by atoms with Crippen molar-refractivity contribution < 1.29 is 4.79 Å². The van der Waals surface area contributed by atoms with E-state index in [1.807, 2.05) is 58.0 Å². The summed E-state index contributed by atoms with van der Waals surface area (Å²) in [6, 6.07) is 10.2. The van der Waals surface area contributed by atoms with Crippen molar-refractivity contribution in [3.8, 4) is 0 Å². The fraction of sp³-hybridized carbons (Fsp3) is 0.500. The zero-order chi connectivity index (χ0) is 13.3. The molecule has 1 fully saturated rings. The van der Waals surface area contributed by atoms with Crippen molar-refractivity contribution in [3.05, 3.63) is 35.9 Å². The van der Waals surface area contributed by atoms with Crippen LogP contribution in [-0.4, -0.2) is 24.5 Å². The van der Waals surface area contributed by atoms with Gasteiger partial charge >= 0.3 is 6.03 Å². The van der Waals surface area contributed by atoms with Crippen LogP contribution in [0.15, 0.2) is 30.3 Å². The van der Waals surface area contributed by atoms with Crippen molar-refractivity contribution in [3.63, 3.8) is 0 Å². The lowest BCUT2D eigenvalue weighted by atomic mass is 10.1. The Hall–Kier alpha value is -1.51. The highest BCUT2D eigenvalue weighted by molar-refractivity contribution is 5.76. The van der Waals surface area contributed by atoms with Crippen LogP contribution in [-0.2, 0) is 0 Å². The van der Waals surface area contributed by atoms with E-state index in [0.717, 1.165) is 6.54 Å². The van der Waals surface area contributed by atoms with Crippen LogP contribution in [0.4, 0.5) is 4.79 Å². The SMILES string of the molecule is CC.CC.CN1CC(c2ccccc2)NC1=O. The first-order valence-electron chi connectivity index (χ1n) is 6.34. The fourth-order valence-electron chi connectivity index (χ4n) is 1.54. The maximum atomic E-state index is 11.2. The highest BCUT2D eigenvalue weighted by atomic mass is 16.2. The van der Waals surface area contributed by atoms with Crippen LogP contribution in [0, 0.1) is 0 Å². The molecule has 2 rings (SSSR count). The van der Waals surface area contributed by atoms with Gasteiger partial charge in [0.2, 0.25) is 0 Å². The van der Waals surface area contributed by atoms with Gasteiger partial charge in [0.15, 0.2) is 0 Å². The summed E-state index contributed by atoms with van der Waals surface area (Å²) in [5.41, 5.74) is 1.17. The van der Waals surface area contributed by atoms with Gasteiger partial charge in [-0.2, -0.15) is 0 Å². The van der Waals surface area contributed by atoms with E-state index in [-0.39, 0.29) is 12.1 Å². The number of amides is 2. The second-order valence-electron chi connectivity index (χ2n) is 3.29. The standard InChI is InChI=1S/C10H12N2O.2C2H6/c1-12-7-9(11-10(12)13)8-5-3-2-4-6-8;2*1-2/h2-6,9H,7H2,1H3,(H,11,13);2*1-2H3. The van der Waals surface area contributed by atoms with Gasteiger partial charge in [-0.3, -0.25) is 0 Å². The summed E-state index contributed by atoms with van der Waals surface area (Å²) >= 11 is 0. The molecule has 1 N–H and O–H groups in total. The van der Waals surface area contributed by atoms with Gasteiger partial charge in [-0.1, -0.05) is 58.0 Å². The molecule has 1 heterocycles. The zero-order valence-corrected chi connectivity index (χ0v) is 11.5. The van der Waals surface area contributed by atoms with Crippen molar-refractivity contribution in [1.82, 2.24) is 10.2 Å². The van der Waals surface area contributed by atoms with E-state index in [1.165, 1.54) is 5.56 Å². The van der Waals surface area contributed by atoms with Gasteiger partial charge in [0.05, 0.1) is 6.04 Å². The van der Waals surface area contributed by atoms with Crippen LogP contribution in [0.2, 0.25) is 0 Å². The molecule has 1 aliphatic rings. The minimum absolute atomic E-state index is 0.00820. The molecule has 0 aliphatic carbocycles. The van der Waals surface area contributed by atoms with Gasteiger partial charge in [0.25, 0.3) is 0 Å². The van der Waals surface area contributed by atoms with E-state index in [4.69, 9.17) is 0 Å². The van der Waals surface area contributed by atoms with Crippen LogP contribution in [0.25, 0.3) is 0 Å². The number of rotatable bonds is 1. The highest BCUT2D eigenvalue weighted by Gasteiger charge is 2.26. The van der Waals surface area contributed by atoms with Gasteiger partial charge in [-0.25, -0.2) is 4.79 Å². The first-order chi connectivity index (χ1) is 8.27. The number of nitrogens with zero attached hydrogens (tertiary/aromatic N) is 1. The van der Waals surface area contributed by atoms with E-state index >= 15 is 0 Å². The molecule has 1 aromatic rings. The average Bonchev–Trinajstić information content (AvgIpc) is 2.76. The Bertz CT molecular complexity index is 311. The van der Waals surface area contributed by atoms with Crippen LogP contribution in [0.3, 0.4) is 0 Å². The molecule has 17 heavy (non-hydrogen) atoms. The van der Waals surface area contributed by atoms with E-state index in [1.54, 1.807) is 11.9 Å². The van der Waals surface area contributed by atoms with Gasteiger partial charge in [-0.15, -0.1) is 0 Å². The number of nitrogens with one attached hydrogen (secondary N) is 1. The van der Waals surface area contributed by atoms with E-state index in [9.17, 15) is 4.79 Å². The molecule has 0 spiro atoms. The molecule has 3 nitrogen and oxygen atoms in total. The first kappa shape index (κ1) is 15.5. The smallest absolute Gasteiger partial charge is 0.317 e. The third-order valence-corrected chi connectivity index (χ3v) is 2.30. The predicted octanol–water partition coefficient (Wildman–Crippen LogP) is 3.44. The van der Waals surface area contributed by atoms with Crippen molar-refractivity contribution in [1.29, 1.82) is 0 Å². The molecule has 1 unspecified atom stereocenters. The number of hydrogen-bond donors (Lipinski definition) is 1. The summed E-state index contributed by atoms with van der Waals surface area (Å²) in [6.45, 7) is 8.75. The molecule has 0 bridgehead atoms. The van der Waals surface area contributed by atoms with Crippen molar-refractivity contribution in [2.75, 3.05) is 13.6 Å². The summed E-state index contributed by atoms with van der Waals surface area (Å²) in [7, 11) is 1.80.